The van der Waals surface area contributed by atoms with Crippen molar-refractivity contribution in [1.82, 2.24) is 0 Å². The van der Waals surface area contributed by atoms with Gasteiger partial charge in [-0.25, -0.2) is 0 Å². The minimum atomic E-state index is -1.75. The Bertz CT molecular complexity index is 48.4. The Kier molecular flexibility index (Phi) is 12.0. The van der Waals surface area contributed by atoms with Gasteiger partial charge in [0.05, 0.1) is 18.3 Å². The fraction of sp³-hybridized carbons (Fsp3) is 1.00. The second-order valence-corrected chi connectivity index (χ2v) is 0.671. The van der Waals surface area contributed by atoms with Crippen LogP contribution in [0.5, 0.6) is 0 Å². The molecule has 0 aromatic rings. The van der Waals surface area contributed by atoms with Crippen molar-refractivity contribution in [3.05, 3.63) is 15.3 Å². The summed E-state index contributed by atoms with van der Waals surface area (Å²) in [6.45, 7) is -0.250. The van der Waals surface area contributed by atoms with Gasteiger partial charge >= 0.3 is 0 Å². The van der Waals surface area contributed by atoms with E-state index in [0.29, 0.717) is 0 Å². The maximum Gasteiger partial charge on any atom is 0.0689 e. The molecule has 0 spiro atoms. The summed E-state index contributed by atoms with van der Waals surface area (Å²) in [6, 6.07) is 0. The zero-order chi connectivity index (χ0) is 6.99. The zero-order valence-corrected chi connectivity index (χ0v) is 3.98. The summed E-state index contributed by atoms with van der Waals surface area (Å²) in [5.41, 5.74) is 0. The van der Waals surface area contributed by atoms with Crippen LogP contribution in [0.1, 0.15) is 0 Å². The lowest BCUT2D eigenvalue weighted by molar-refractivity contribution is -0.402. The summed E-state index contributed by atoms with van der Waals surface area (Å²) >= 11 is 0. The van der Waals surface area contributed by atoms with Gasteiger partial charge in [-0.15, -0.1) is 0 Å². The minimum absolute atomic E-state index is 0.125. The molecule has 0 atom stereocenters. The molecule has 0 radical (unpaired) electrons. The first-order chi connectivity index (χ1) is 3.65. The highest BCUT2D eigenvalue weighted by Gasteiger charge is 1.58. The average molecular weight is 124 g/mol. The third-order valence-electron chi connectivity index (χ3n) is 0.1000. The summed E-state index contributed by atoms with van der Waals surface area (Å²) < 4.78 is 0. The second kappa shape index (κ2) is 9.45. The van der Waals surface area contributed by atoms with Crippen molar-refractivity contribution in [2.24, 2.45) is 0 Å². The topological polar surface area (TPSA) is 107 Å². The molecular weight excluding hydrogens is 118 g/mol. The molecule has 0 amide bonds. The molecule has 0 aromatic heterocycles. The highest BCUT2D eigenvalue weighted by Crippen LogP contribution is 1.44. The van der Waals surface area contributed by atoms with E-state index in [2.05, 4.69) is 0 Å². The van der Waals surface area contributed by atoms with Crippen LogP contribution in [-0.2, 0) is 0 Å². The first kappa shape index (κ1) is 10.2. The highest BCUT2D eigenvalue weighted by molar-refractivity contribution is 4.06. The molecule has 0 fully saturated rings. The molecule has 0 aliphatic carbocycles. The van der Waals surface area contributed by atoms with E-state index >= 15 is 0 Å². The Morgan fingerprint density at radius 1 is 1.25 bits per heavy atom. The van der Waals surface area contributed by atoms with Crippen molar-refractivity contribution < 1.29 is 15.3 Å². The van der Waals surface area contributed by atoms with E-state index in [9.17, 15) is 0 Å². The van der Waals surface area contributed by atoms with Crippen LogP contribution in [0.25, 0.3) is 0 Å². The fourth-order valence-corrected chi connectivity index (χ4v) is 0. The number of nitrogens with zero attached hydrogens (tertiary/aromatic N) is 1. The standard InChI is InChI=1S/C2H6O2.NO3/c3-1-2-4;2-1(3)4/h3-4H,1-2H2;/q;-1. The molecule has 0 rings (SSSR count). The SMILES string of the molecule is O=[N+]([O-])[O-].OCCO. The lowest BCUT2D eigenvalue weighted by Crippen LogP contribution is -1.85. The summed E-state index contributed by atoms with van der Waals surface area (Å²) in [4.78, 5) is 8.25. The third-order valence-corrected chi connectivity index (χ3v) is 0.1000. The Morgan fingerprint density at radius 2 is 1.38 bits per heavy atom. The average Bonchev–Trinajstić information content (AvgIpc) is 1.65. The number of hydrogen-bond acceptors (Lipinski definition) is 5. The van der Waals surface area contributed by atoms with Crippen molar-refractivity contribution in [1.29, 1.82) is 0 Å². The lowest BCUT2D eigenvalue weighted by atomic mass is 10.8. The van der Waals surface area contributed by atoms with Crippen LogP contribution in [0.15, 0.2) is 0 Å². The van der Waals surface area contributed by atoms with E-state index < -0.39 is 5.09 Å². The molecule has 0 saturated heterocycles. The van der Waals surface area contributed by atoms with Gasteiger partial charge in [-0.2, -0.15) is 0 Å². The van der Waals surface area contributed by atoms with Crippen LogP contribution in [-0.4, -0.2) is 28.5 Å². The van der Waals surface area contributed by atoms with Crippen LogP contribution in [0.3, 0.4) is 0 Å². The van der Waals surface area contributed by atoms with Crippen LogP contribution in [0.2, 0.25) is 0 Å². The maximum absolute atomic E-state index is 8.25. The lowest BCUT2D eigenvalue weighted by Gasteiger charge is -1.74. The molecular formula is C2H6NO5-. The summed E-state index contributed by atoms with van der Waals surface area (Å²) in [5, 5.41) is 30.0. The number of hydrogen-bond donors (Lipinski definition) is 2. The van der Waals surface area contributed by atoms with Gasteiger partial charge in [0, 0.05) is 0 Å². The predicted octanol–water partition coefficient (Wildman–Crippen LogP) is -1.27. The summed E-state index contributed by atoms with van der Waals surface area (Å²) in [7, 11) is 0. The predicted molar refractivity (Wildman–Crippen MR) is 24.5 cm³/mol. The molecule has 0 unspecified atom stereocenters. The number of rotatable bonds is 1. The van der Waals surface area contributed by atoms with E-state index in [4.69, 9.17) is 25.5 Å². The molecule has 0 aliphatic heterocycles. The van der Waals surface area contributed by atoms with Crippen molar-refractivity contribution in [3.8, 4) is 0 Å². The normalized spacial score (nSPS) is 6.75. The zero-order valence-electron chi connectivity index (χ0n) is 3.98. The van der Waals surface area contributed by atoms with Crippen molar-refractivity contribution >= 4 is 0 Å². The molecule has 0 aromatic carbocycles. The molecule has 2 N–H and O–H groups in total. The fourth-order valence-electron chi connectivity index (χ4n) is 0. The Labute approximate surface area is 45.1 Å². The maximum atomic E-state index is 8.25. The van der Waals surface area contributed by atoms with Gasteiger partial charge in [-0.3, -0.25) is 0 Å². The summed E-state index contributed by atoms with van der Waals surface area (Å²) in [6.07, 6.45) is 0. The first-order valence-electron chi connectivity index (χ1n) is 1.68. The number of aliphatic hydroxyl groups is 2. The molecule has 0 heterocycles. The largest absolute Gasteiger partial charge is 0.394 e. The van der Waals surface area contributed by atoms with Gasteiger partial charge in [0.2, 0.25) is 0 Å². The van der Waals surface area contributed by atoms with Gasteiger partial charge in [0.15, 0.2) is 0 Å². The monoisotopic (exact) mass is 124 g/mol. The van der Waals surface area contributed by atoms with Crippen molar-refractivity contribution in [3.63, 3.8) is 0 Å². The molecule has 0 aliphatic rings. The van der Waals surface area contributed by atoms with Gasteiger partial charge in [0.1, 0.15) is 0 Å². The van der Waals surface area contributed by atoms with Gasteiger partial charge in [0.25, 0.3) is 0 Å². The van der Waals surface area contributed by atoms with Crippen LogP contribution >= 0.6 is 0 Å². The molecule has 50 valence electrons. The van der Waals surface area contributed by atoms with E-state index in [0.717, 1.165) is 0 Å². The molecule has 6 nitrogen and oxygen atoms in total. The van der Waals surface area contributed by atoms with E-state index in [1.807, 2.05) is 0 Å². The minimum Gasteiger partial charge on any atom is -0.394 e. The van der Waals surface area contributed by atoms with E-state index in [-0.39, 0.29) is 13.2 Å². The Morgan fingerprint density at radius 3 is 1.38 bits per heavy atom. The third kappa shape index (κ3) is 6040. The Balaban J connectivity index is 0. The number of aliphatic hydroxyl groups excluding tert-OH is 2. The van der Waals surface area contributed by atoms with Gasteiger partial charge in [-0.05, 0) is 0 Å². The van der Waals surface area contributed by atoms with Gasteiger partial charge < -0.3 is 25.5 Å². The van der Waals surface area contributed by atoms with Crippen molar-refractivity contribution in [2.45, 2.75) is 0 Å². The van der Waals surface area contributed by atoms with E-state index in [1.165, 1.54) is 0 Å². The van der Waals surface area contributed by atoms with Crippen LogP contribution in [0.4, 0.5) is 0 Å². The summed E-state index contributed by atoms with van der Waals surface area (Å²) in [5.74, 6) is 0. The first-order valence-corrected chi connectivity index (χ1v) is 1.68. The highest BCUT2D eigenvalue weighted by atomic mass is 16.9. The van der Waals surface area contributed by atoms with Crippen LogP contribution < -0.4 is 0 Å². The molecule has 0 bridgehead atoms. The van der Waals surface area contributed by atoms with Crippen molar-refractivity contribution in [2.75, 3.05) is 13.2 Å². The molecule has 8 heavy (non-hydrogen) atoms. The smallest absolute Gasteiger partial charge is 0.0689 e. The molecule has 0 saturated carbocycles. The Hall–Kier alpha value is -0.880. The van der Waals surface area contributed by atoms with Crippen LogP contribution in [0, 0.1) is 15.3 Å². The van der Waals surface area contributed by atoms with E-state index in [1.54, 1.807) is 0 Å². The van der Waals surface area contributed by atoms with Gasteiger partial charge in [-0.1, -0.05) is 0 Å². The molecule has 6 heteroatoms. The second-order valence-electron chi connectivity index (χ2n) is 0.671. The quantitative estimate of drug-likeness (QED) is 0.335.